The zero-order valence-corrected chi connectivity index (χ0v) is 25.2. The summed E-state index contributed by atoms with van der Waals surface area (Å²) < 4.78 is 39.6. The number of sulfonamides is 1. The Bertz CT molecular complexity index is 1440. The van der Waals surface area contributed by atoms with Gasteiger partial charge in [-0.05, 0) is 61.4 Å². The van der Waals surface area contributed by atoms with Gasteiger partial charge in [0.25, 0.3) is 10.0 Å². The van der Waals surface area contributed by atoms with Crippen LogP contribution in [0.5, 0.6) is 11.5 Å². The molecular formula is C30H36ClN3O6S. The molecular weight excluding hydrogens is 566 g/mol. The number of carbonyl (C=O) groups is 2. The number of amides is 2. The number of methoxy groups -OCH3 is 2. The molecule has 0 heterocycles. The number of hydrogen-bond acceptors (Lipinski definition) is 6. The monoisotopic (exact) mass is 601 g/mol. The molecule has 3 aromatic carbocycles. The predicted molar refractivity (Wildman–Crippen MR) is 160 cm³/mol. The van der Waals surface area contributed by atoms with Crippen LogP contribution in [0.25, 0.3) is 0 Å². The number of anilines is 1. The highest BCUT2D eigenvalue weighted by atomic mass is 35.5. The maximum Gasteiger partial charge on any atom is 0.264 e. The van der Waals surface area contributed by atoms with Crippen LogP contribution in [0.4, 0.5) is 5.69 Å². The maximum absolute atomic E-state index is 14.1. The van der Waals surface area contributed by atoms with E-state index in [2.05, 4.69) is 5.32 Å². The first-order valence-corrected chi connectivity index (χ1v) is 15.1. The highest BCUT2D eigenvalue weighted by Crippen LogP contribution is 2.35. The van der Waals surface area contributed by atoms with E-state index >= 15 is 0 Å². The van der Waals surface area contributed by atoms with E-state index < -0.39 is 28.5 Å². The van der Waals surface area contributed by atoms with Gasteiger partial charge in [-0.25, -0.2) is 8.42 Å². The summed E-state index contributed by atoms with van der Waals surface area (Å²) in [7, 11) is -1.31. The molecule has 0 unspecified atom stereocenters. The first-order chi connectivity index (χ1) is 19.6. The zero-order chi connectivity index (χ0) is 30.0. The van der Waals surface area contributed by atoms with Gasteiger partial charge in [0.1, 0.15) is 24.1 Å². The highest BCUT2D eigenvalue weighted by molar-refractivity contribution is 7.92. The van der Waals surface area contributed by atoms with Crippen LogP contribution in [-0.4, -0.2) is 58.5 Å². The molecule has 0 saturated heterocycles. The van der Waals surface area contributed by atoms with Gasteiger partial charge in [0.05, 0.1) is 24.8 Å². The Labute approximate surface area is 247 Å². The Kier molecular flexibility index (Phi) is 11.4. The van der Waals surface area contributed by atoms with Crippen molar-refractivity contribution in [1.29, 1.82) is 0 Å². The second-order valence-corrected chi connectivity index (χ2v) is 11.6. The van der Waals surface area contributed by atoms with Crippen molar-refractivity contribution >= 4 is 39.1 Å². The minimum Gasteiger partial charge on any atom is -0.497 e. The van der Waals surface area contributed by atoms with Crippen molar-refractivity contribution in [3.63, 3.8) is 0 Å². The molecule has 2 amide bonds. The van der Waals surface area contributed by atoms with Gasteiger partial charge in [-0.3, -0.25) is 13.9 Å². The van der Waals surface area contributed by atoms with Crippen molar-refractivity contribution in [2.75, 3.05) is 31.6 Å². The third kappa shape index (κ3) is 8.14. The molecule has 0 aromatic heterocycles. The van der Waals surface area contributed by atoms with Crippen molar-refractivity contribution in [3.05, 3.63) is 83.4 Å². The van der Waals surface area contributed by atoms with Crippen LogP contribution in [0, 0.1) is 0 Å². The molecule has 11 heteroatoms. The van der Waals surface area contributed by atoms with Crippen LogP contribution < -0.4 is 19.1 Å². The van der Waals surface area contributed by atoms with Crippen molar-refractivity contribution in [1.82, 2.24) is 10.2 Å². The van der Waals surface area contributed by atoms with Crippen molar-refractivity contribution in [2.45, 2.75) is 44.2 Å². The summed E-state index contributed by atoms with van der Waals surface area (Å²) in [5.74, 6) is -0.127. The second kappa shape index (κ2) is 14.7. The van der Waals surface area contributed by atoms with Crippen LogP contribution in [0.15, 0.2) is 77.7 Å². The Balaban J connectivity index is 2.06. The van der Waals surface area contributed by atoms with Gasteiger partial charge in [0.15, 0.2) is 0 Å². The lowest BCUT2D eigenvalue weighted by Gasteiger charge is -2.32. The Morgan fingerprint density at radius 2 is 1.71 bits per heavy atom. The second-order valence-electron chi connectivity index (χ2n) is 9.33. The summed E-state index contributed by atoms with van der Waals surface area (Å²) in [5, 5.41) is 3.13. The lowest BCUT2D eigenvalue weighted by Crippen LogP contribution is -2.51. The molecule has 0 aliphatic rings. The molecule has 0 aliphatic heterocycles. The molecule has 0 spiro atoms. The fraction of sp³-hybridized carbons (Fsp3) is 0.333. The van der Waals surface area contributed by atoms with E-state index in [0.717, 1.165) is 17.1 Å². The summed E-state index contributed by atoms with van der Waals surface area (Å²) >= 11 is 6.26. The minimum absolute atomic E-state index is 0.0143. The van der Waals surface area contributed by atoms with Gasteiger partial charge in [-0.15, -0.1) is 0 Å². The normalized spacial score (nSPS) is 11.8. The summed E-state index contributed by atoms with van der Waals surface area (Å²) in [5.41, 5.74) is 0.808. The number of halogens is 1. The number of unbranched alkanes of at least 4 members (excludes halogenated alkanes) is 1. The van der Waals surface area contributed by atoms with E-state index in [-0.39, 0.29) is 33.8 Å². The smallest absolute Gasteiger partial charge is 0.264 e. The molecule has 1 atom stereocenters. The Hall–Kier alpha value is -3.76. The minimum atomic E-state index is -4.25. The average Bonchev–Trinajstić information content (AvgIpc) is 2.98. The van der Waals surface area contributed by atoms with E-state index in [0.29, 0.717) is 17.9 Å². The van der Waals surface area contributed by atoms with Gasteiger partial charge < -0.3 is 19.7 Å². The largest absolute Gasteiger partial charge is 0.497 e. The van der Waals surface area contributed by atoms with Crippen molar-refractivity contribution in [2.24, 2.45) is 0 Å². The van der Waals surface area contributed by atoms with Crippen LogP contribution in [0.1, 0.15) is 32.3 Å². The summed E-state index contributed by atoms with van der Waals surface area (Å²) in [4.78, 5) is 28.5. The molecule has 3 aromatic rings. The predicted octanol–water partition coefficient (Wildman–Crippen LogP) is 4.89. The van der Waals surface area contributed by atoms with Gasteiger partial charge in [0, 0.05) is 18.1 Å². The standard InChI is InChI=1S/C30H36ClN3O6S/c1-5-6-17-32-30(36)22(2)33(20-23-11-10-12-25(18-23)39-3)29(35)21-34(27-19-24(31)15-16-28(27)40-4)41(37,38)26-13-8-7-9-14-26/h7-16,18-19,22H,5-6,17,20-21H2,1-4H3,(H,32,36)/t22-/m1/s1. The molecule has 0 radical (unpaired) electrons. The Morgan fingerprint density at radius 3 is 2.37 bits per heavy atom. The molecule has 3 rings (SSSR count). The number of ether oxygens (including phenoxy) is 2. The molecule has 9 nitrogen and oxygen atoms in total. The fourth-order valence-corrected chi connectivity index (χ4v) is 5.78. The van der Waals surface area contributed by atoms with Crippen molar-refractivity contribution in [3.8, 4) is 11.5 Å². The quantitative estimate of drug-likeness (QED) is 0.264. The third-order valence-corrected chi connectivity index (χ3v) is 8.51. The molecule has 0 bridgehead atoms. The zero-order valence-electron chi connectivity index (χ0n) is 23.7. The van der Waals surface area contributed by atoms with Gasteiger partial charge >= 0.3 is 0 Å². The first kappa shape index (κ1) is 31.8. The van der Waals surface area contributed by atoms with Gasteiger partial charge in [-0.2, -0.15) is 0 Å². The lowest BCUT2D eigenvalue weighted by atomic mass is 10.1. The van der Waals surface area contributed by atoms with Crippen LogP contribution in [0.3, 0.4) is 0 Å². The highest BCUT2D eigenvalue weighted by Gasteiger charge is 2.34. The van der Waals surface area contributed by atoms with E-state index in [1.807, 2.05) is 13.0 Å². The van der Waals surface area contributed by atoms with E-state index in [9.17, 15) is 18.0 Å². The number of carbonyl (C=O) groups excluding carboxylic acids is 2. The van der Waals surface area contributed by atoms with Gasteiger partial charge in [-0.1, -0.05) is 55.3 Å². The summed E-state index contributed by atoms with van der Waals surface area (Å²) in [6.45, 7) is 3.54. The van der Waals surface area contributed by atoms with E-state index in [1.165, 1.54) is 43.4 Å². The molecule has 0 fully saturated rings. The fourth-order valence-electron chi connectivity index (χ4n) is 4.18. The van der Waals surface area contributed by atoms with Gasteiger partial charge in [0.2, 0.25) is 11.8 Å². The number of nitrogens with zero attached hydrogens (tertiary/aromatic N) is 2. The molecule has 0 aliphatic carbocycles. The Morgan fingerprint density at radius 1 is 0.976 bits per heavy atom. The molecule has 41 heavy (non-hydrogen) atoms. The topological polar surface area (TPSA) is 105 Å². The molecule has 220 valence electrons. The average molecular weight is 602 g/mol. The van der Waals surface area contributed by atoms with Crippen molar-refractivity contribution < 1.29 is 27.5 Å². The maximum atomic E-state index is 14.1. The van der Waals surface area contributed by atoms with Crippen LogP contribution in [-0.2, 0) is 26.2 Å². The number of benzene rings is 3. The lowest BCUT2D eigenvalue weighted by molar-refractivity contribution is -0.139. The summed E-state index contributed by atoms with van der Waals surface area (Å²) in [6, 6.07) is 18.6. The number of nitrogens with one attached hydrogen (secondary N) is 1. The third-order valence-electron chi connectivity index (χ3n) is 6.50. The van der Waals surface area contributed by atoms with Crippen LogP contribution >= 0.6 is 11.6 Å². The number of rotatable bonds is 14. The number of hydrogen-bond donors (Lipinski definition) is 1. The van der Waals surface area contributed by atoms with Crippen LogP contribution in [0.2, 0.25) is 5.02 Å². The van der Waals surface area contributed by atoms with E-state index in [1.54, 1.807) is 49.4 Å². The molecule has 1 N–H and O–H groups in total. The van der Waals surface area contributed by atoms with E-state index in [4.69, 9.17) is 21.1 Å². The summed E-state index contributed by atoms with van der Waals surface area (Å²) in [6.07, 6.45) is 1.69. The molecule has 0 saturated carbocycles. The first-order valence-electron chi connectivity index (χ1n) is 13.2. The SMILES string of the molecule is CCCCNC(=O)[C@@H](C)N(Cc1cccc(OC)c1)C(=O)CN(c1cc(Cl)ccc1OC)S(=O)(=O)c1ccccc1.